The van der Waals surface area contributed by atoms with Crippen LogP contribution in [0.25, 0.3) is 0 Å². The minimum atomic E-state index is 0.135. The summed E-state index contributed by atoms with van der Waals surface area (Å²) in [7, 11) is 0. The van der Waals surface area contributed by atoms with Gasteiger partial charge in [0.15, 0.2) is 0 Å². The molecular formula is C12H22N2O2. The fourth-order valence-corrected chi connectivity index (χ4v) is 2.76. The van der Waals surface area contributed by atoms with Gasteiger partial charge in [-0.1, -0.05) is 6.92 Å². The fourth-order valence-electron chi connectivity index (χ4n) is 2.76. The molecule has 0 saturated carbocycles. The SMILES string of the molecule is CCN1C[C@H]2C[C@@H]1CN2C(=O)COC(C)C. The number of likely N-dealkylation sites (tertiary alicyclic amines) is 2. The van der Waals surface area contributed by atoms with Crippen molar-refractivity contribution in [2.24, 2.45) is 0 Å². The lowest BCUT2D eigenvalue weighted by molar-refractivity contribution is -0.139. The molecule has 1 amide bonds. The summed E-state index contributed by atoms with van der Waals surface area (Å²) in [5, 5.41) is 0. The monoisotopic (exact) mass is 226 g/mol. The smallest absolute Gasteiger partial charge is 0.248 e. The van der Waals surface area contributed by atoms with Gasteiger partial charge in [-0.25, -0.2) is 0 Å². The molecule has 2 rings (SSSR count). The Labute approximate surface area is 97.5 Å². The molecule has 0 aromatic heterocycles. The molecule has 2 aliphatic rings. The molecule has 0 N–H and O–H groups in total. The van der Waals surface area contributed by atoms with Gasteiger partial charge in [-0.3, -0.25) is 9.69 Å². The lowest BCUT2D eigenvalue weighted by atomic mass is 10.2. The van der Waals surface area contributed by atoms with Gasteiger partial charge in [0.1, 0.15) is 6.61 Å². The molecule has 4 heteroatoms. The highest BCUT2D eigenvalue weighted by atomic mass is 16.5. The van der Waals surface area contributed by atoms with E-state index in [-0.39, 0.29) is 18.6 Å². The Morgan fingerprint density at radius 3 is 2.62 bits per heavy atom. The van der Waals surface area contributed by atoms with Crippen LogP contribution in [0.2, 0.25) is 0 Å². The van der Waals surface area contributed by atoms with E-state index < -0.39 is 0 Å². The van der Waals surface area contributed by atoms with Crippen LogP contribution in [0, 0.1) is 0 Å². The predicted molar refractivity (Wildman–Crippen MR) is 62.2 cm³/mol. The quantitative estimate of drug-likeness (QED) is 0.708. The Balaban J connectivity index is 1.83. The van der Waals surface area contributed by atoms with Crippen LogP contribution < -0.4 is 0 Å². The zero-order chi connectivity index (χ0) is 11.7. The number of piperazine rings is 1. The Kier molecular flexibility index (Phi) is 3.50. The molecule has 2 bridgehead atoms. The van der Waals surface area contributed by atoms with Crippen LogP contribution >= 0.6 is 0 Å². The molecule has 0 unspecified atom stereocenters. The van der Waals surface area contributed by atoms with Crippen molar-refractivity contribution in [1.29, 1.82) is 0 Å². The summed E-state index contributed by atoms with van der Waals surface area (Å²) in [6.45, 7) is 9.41. The maximum absolute atomic E-state index is 11.9. The molecule has 2 atom stereocenters. The van der Waals surface area contributed by atoms with Gasteiger partial charge in [0.05, 0.1) is 6.10 Å². The van der Waals surface area contributed by atoms with Crippen LogP contribution in [0.15, 0.2) is 0 Å². The minimum Gasteiger partial charge on any atom is -0.369 e. The van der Waals surface area contributed by atoms with Gasteiger partial charge in [-0.15, -0.1) is 0 Å². The van der Waals surface area contributed by atoms with Crippen molar-refractivity contribution in [1.82, 2.24) is 9.80 Å². The average molecular weight is 226 g/mol. The van der Waals surface area contributed by atoms with Gasteiger partial charge < -0.3 is 9.64 Å². The Morgan fingerprint density at radius 2 is 2.12 bits per heavy atom. The van der Waals surface area contributed by atoms with Gasteiger partial charge in [0.25, 0.3) is 0 Å². The first-order valence-electron chi connectivity index (χ1n) is 6.27. The highest BCUT2D eigenvalue weighted by Crippen LogP contribution is 2.30. The van der Waals surface area contributed by atoms with Crippen LogP contribution in [-0.2, 0) is 9.53 Å². The standard InChI is InChI=1S/C12H22N2O2/c1-4-13-6-11-5-10(13)7-14(11)12(15)8-16-9(2)3/h9-11H,4-8H2,1-3H3/t10-,11-/m1/s1. The van der Waals surface area contributed by atoms with Gasteiger partial charge in [0, 0.05) is 25.2 Å². The molecule has 2 fully saturated rings. The third-order valence-corrected chi connectivity index (χ3v) is 3.62. The van der Waals surface area contributed by atoms with E-state index >= 15 is 0 Å². The first kappa shape index (κ1) is 11.9. The molecule has 2 aliphatic heterocycles. The molecule has 0 radical (unpaired) electrons. The second kappa shape index (κ2) is 4.72. The number of likely N-dealkylation sites (N-methyl/N-ethyl adjacent to an activating group) is 1. The summed E-state index contributed by atoms with van der Waals surface area (Å²) in [4.78, 5) is 16.4. The van der Waals surface area contributed by atoms with Crippen molar-refractivity contribution in [2.45, 2.75) is 45.4 Å². The molecule has 0 aromatic rings. The predicted octanol–water partition coefficient (Wildman–Crippen LogP) is 0.716. The molecule has 0 spiro atoms. The first-order chi connectivity index (χ1) is 7.61. The highest BCUT2D eigenvalue weighted by molar-refractivity contribution is 5.78. The Hall–Kier alpha value is -0.610. The Bertz CT molecular complexity index is 268. The summed E-state index contributed by atoms with van der Waals surface area (Å²) in [5.41, 5.74) is 0. The summed E-state index contributed by atoms with van der Waals surface area (Å²) in [6.07, 6.45) is 1.29. The Morgan fingerprint density at radius 1 is 1.38 bits per heavy atom. The van der Waals surface area contributed by atoms with Crippen molar-refractivity contribution >= 4 is 5.91 Å². The molecule has 2 saturated heterocycles. The van der Waals surface area contributed by atoms with E-state index in [0.717, 1.165) is 26.1 Å². The third kappa shape index (κ3) is 2.23. The molecule has 16 heavy (non-hydrogen) atoms. The molecule has 0 aromatic carbocycles. The van der Waals surface area contributed by atoms with E-state index in [9.17, 15) is 4.79 Å². The zero-order valence-corrected chi connectivity index (χ0v) is 10.5. The van der Waals surface area contributed by atoms with Crippen molar-refractivity contribution in [3.63, 3.8) is 0 Å². The number of amides is 1. The van der Waals surface area contributed by atoms with Crippen LogP contribution in [0.3, 0.4) is 0 Å². The number of rotatable bonds is 4. The number of nitrogens with zero attached hydrogens (tertiary/aromatic N) is 2. The number of hydrogen-bond acceptors (Lipinski definition) is 3. The maximum atomic E-state index is 11.9. The summed E-state index contributed by atoms with van der Waals surface area (Å²) < 4.78 is 5.37. The van der Waals surface area contributed by atoms with E-state index in [2.05, 4.69) is 11.8 Å². The van der Waals surface area contributed by atoms with Crippen molar-refractivity contribution in [3.8, 4) is 0 Å². The summed E-state index contributed by atoms with van der Waals surface area (Å²) >= 11 is 0. The highest BCUT2D eigenvalue weighted by Gasteiger charge is 2.44. The van der Waals surface area contributed by atoms with E-state index in [4.69, 9.17) is 4.74 Å². The first-order valence-corrected chi connectivity index (χ1v) is 6.27. The summed E-state index contributed by atoms with van der Waals surface area (Å²) in [6, 6.07) is 1.03. The lowest BCUT2D eigenvalue weighted by Crippen LogP contribution is -2.49. The van der Waals surface area contributed by atoms with Crippen molar-refractivity contribution in [2.75, 3.05) is 26.2 Å². The van der Waals surface area contributed by atoms with Crippen LogP contribution in [0.5, 0.6) is 0 Å². The fraction of sp³-hybridized carbons (Fsp3) is 0.917. The molecule has 0 aliphatic carbocycles. The van der Waals surface area contributed by atoms with Gasteiger partial charge in [0.2, 0.25) is 5.91 Å². The molecule has 2 heterocycles. The lowest BCUT2D eigenvalue weighted by Gasteiger charge is -2.33. The number of ether oxygens (including phenoxy) is 1. The third-order valence-electron chi connectivity index (χ3n) is 3.62. The van der Waals surface area contributed by atoms with E-state index in [1.807, 2.05) is 18.7 Å². The van der Waals surface area contributed by atoms with E-state index in [0.29, 0.717) is 12.1 Å². The van der Waals surface area contributed by atoms with Crippen LogP contribution in [0.4, 0.5) is 0 Å². The van der Waals surface area contributed by atoms with Crippen LogP contribution in [-0.4, -0.2) is 60.1 Å². The van der Waals surface area contributed by atoms with Gasteiger partial charge in [-0.05, 0) is 26.8 Å². The topological polar surface area (TPSA) is 32.8 Å². The average Bonchev–Trinajstić information content (AvgIpc) is 2.84. The maximum Gasteiger partial charge on any atom is 0.248 e. The number of carbonyl (C=O) groups excluding carboxylic acids is 1. The zero-order valence-electron chi connectivity index (χ0n) is 10.5. The normalized spacial score (nSPS) is 29.4. The molecule has 92 valence electrons. The number of hydrogen-bond donors (Lipinski definition) is 0. The van der Waals surface area contributed by atoms with E-state index in [1.54, 1.807) is 0 Å². The van der Waals surface area contributed by atoms with Crippen LogP contribution in [0.1, 0.15) is 27.2 Å². The number of fused-ring (bicyclic) bond motifs is 2. The van der Waals surface area contributed by atoms with Crippen molar-refractivity contribution in [3.05, 3.63) is 0 Å². The summed E-state index contributed by atoms with van der Waals surface area (Å²) in [5.74, 6) is 0.164. The van der Waals surface area contributed by atoms with Gasteiger partial charge in [-0.2, -0.15) is 0 Å². The molecule has 4 nitrogen and oxygen atoms in total. The molecular weight excluding hydrogens is 204 g/mol. The minimum absolute atomic E-state index is 0.135. The van der Waals surface area contributed by atoms with E-state index in [1.165, 1.54) is 0 Å². The van der Waals surface area contributed by atoms with Gasteiger partial charge >= 0.3 is 0 Å². The second-order valence-corrected chi connectivity index (χ2v) is 5.04. The van der Waals surface area contributed by atoms with Crippen molar-refractivity contribution < 1.29 is 9.53 Å². The number of carbonyl (C=O) groups is 1. The second-order valence-electron chi connectivity index (χ2n) is 5.04. The largest absolute Gasteiger partial charge is 0.369 e.